The van der Waals surface area contributed by atoms with E-state index in [-0.39, 0.29) is 18.2 Å². The predicted octanol–water partition coefficient (Wildman–Crippen LogP) is 5.51. The van der Waals surface area contributed by atoms with E-state index in [0.29, 0.717) is 13.1 Å². The first-order valence-corrected chi connectivity index (χ1v) is 11.7. The molecule has 0 bridgehead atoms. The number of ether oxygens (including phenoxy) is 1. The van der Waals surface area contributed by atoms with Gasteiger partial charge in [0, 0.05) is 35.1 Å². The van der Waals surface area contributed by atoms with Crippen molar-refractivity contribution < 1.29 is 9.53 Å². The zero-order chi connectivity index (χ0) is 21.9. The van der Waals surface area contributed by atoms with Gasteiger partial charge in [0.05, 0.1) is 12.1 Å². The highest BCUT2D eigenvalue weighted by molar-refractivity contribution is 9.10. The Hall–Kier alpha value is -1.41. The van der Waals surface area contributed by atoms with Crippen LogP contribution < -0.4 is 5.73 Å². The molecule has 0 aliphatic carbocycles. The van der Waals surface area contributed by atoms with Crippen LogP contribution in [0.5, 0.6) is 0 Å². The van der Waals surface area contributed by atoms with E-state index < -0.39 is 5.60 Å². The average molecular weight is 539 g/mol. The van der Waals surface area contributed by atoms with Crippen LogP contribution in [-0.4, -0.2) is 47.7 Å². The van der Waals surface area contributed by atoms with Crippen LogP contribution in [0.15, 0.2) is 57.5 Å². The summed E-state index contributed by atoms with van der Waals surface area (Å²) in [5.41, 5.74) is 8.57. The van der Waals surface area contributed by atoms with Gasteiger partial charge in [-0.3, -0.25) is 4.90 Å². The van der Waals surface area contributed by atoms with Gasteiger partial charge in [0.2, 0.25) is 0 Å². The minimum Gasteiger partial charge on any atom is -0.444 e. The van der Waals surface area contributed by atoms with Crippen LogP contribution >= 0.6 is 31.9 Å². The highest BCUT2D eigenvalue weighted by Gasteiger charge is 2.34. The van der Waals surface area contributed by atoms with Gasteiger partial charge in [-0.15, -0.1) is 0 Å². The third-order valence-electron chi connectivity index (χ3n) is 5.19. The van der Waals surface area contributed by atoms with Gasteiger partial charge in [0.25, 0.3) is 0 Å². The Balaban J connectivity index is 1.83. The molecule has 2 atom stereocenters. The van der Waals surface area contributed by atoms with Crippen molar-refractivity contribution in [2.45, 2.75) is 38.5 Å². The monoisotopic (exact) mass is 537 g/mol. The standard InChI is InChI=1S/C23H29Br2N3O2/c1-23(2,3)30-22(29)28-14-12-27(13-15-28)21(17-9-5-7-11-19(17)25)20(26)16-8-4-6-10-18(16)24/h4-11,20-21H,12-15,26H2,1-3H3/t20-,21+/m0/s1. The summed E-state index contributed by atoms with van der Waals surface area (Å²) in [5, 5.41) is 0. The van der Waals surface area contributed by atoms with Gasteiger partial charge in [0.1, 0.15) is 5.60 Å². The van der Waals surface area contributed by atoms with E-state index in [2.05, 4.69) is 48.9 Å². The summed E-state index contributed by atoms with van der Waals surface area (Å²) in [6.07, 6.45) is -0.255. The largest absolute Gasteiger partial charge is 0.444 e. The molecular weight excluding hydrogens is 510 g/mol. The maximum Gasteiger partial charge on any atom is 0.410 e. The van der Waals surface area contributed by atoms with Crippen molar-refractivity contribution in [2.75, 3.05) is 26.2 Å². The Morgan fingerprint density at radius 2 is 1.43 bits per heavy atom. The van der Waals surface area contributed by atoms with E-state index in [0.717, 1.165) is 33.2 Å². The quantitative estimate of drug-likeness (QED) is 0.558. The average Bonchev–Trinajstić information content (AvgIpc) is 2.69. The summed E-state index contributed by atoms with van der Waals surface area (Å²) in [6.45, 7) is 8.34. The Labute approximate surface area is 195 Å². The number of nitrogens with zero attached hydrogens (tertiary/aromatic N) is 2. The molecule has 1 aliphatic rings. The molecule has 1 fully saturated rings. The minimum absolute atomic E-state index is 0.0277. The molecule has 0 spiro atoms. The molecule has 1 amide bonds. The highest BCUT2D eigenvalue weighted by Crippen LogP contribution is 2.39. The van der Waals surface area contributed by atoms with Crippen LogP contribution in [0.4, 0.5) is 4.79 Å². The molecule has 3 rings (SSSR count). The summed E-state index contributed by atoms with van der Waals surface area (Å²) in [5.74, 6) is 0. The molecule has 2 aromatic carbocycles. The van der Waals surface area contributed by atoms with Gasteiger partial charge in [-0.05, 0) is 44.0 Å². The molecule has 0 aromatic heterocycles. The van der Waals surface area contributed by atoms with Crippen LogP contribution in [0, 0.1) is 0 Å². The second-order valence-electron chi connectivity index (χ2n) is 8.52. The van der Waals surface area contributed by atoms with Crippen LogP contribution in [0.25, 0.3) is 0 Å². The lowest BCUT2D eigenvalue weighted by molar-refractivity contribution is 0.00866. The van der Waals surface area contributed by atoms with Crippen molar-refractivity contribution >= 4 is 38.0 Å². The molecule has 1 aliphatic heterocycles. The van der Waals surface area contributed by atoms with Crippen molar-refractivity contribution in [1.29, 1.82) is 0 Å². The molecule has 1 heterocycles. The SMILES string of the molecule is CC(C)(C)OC(=O)N1CCN([C@H](c2ccccc2Br)[C@@H](N)c2ccccc2Br)CC1. The lowest BCUT2D eigenvalue weighted by Gasteiger charge is -2.42. The Bertz CT molecular complexity index is 877. The van der Waals surface area contributed by atoms with Crippen molar-refractivity contribution in [1.82, 2.24) is 9.80 Å². The van der Waals surface area contributed by atoms with E-state index in [1.807, 2.05) is 57.2 Å². The Morgan fingerprint density at radius 1 is 0.933 bits per heavy atom. The summed E-state index contributed by atoms with van der Waals surface area (Å²) < 4.78 is 7.58. The number of rotatable bonds is 4. The number of carbonyl (C=O) groups is 1. The Morgan fingerprint density at radius 3 is 1.93 bits per heavy atom. The number of amides is 1. The summed E-state index contributed by atoms with van der Waals surface area (Å²) >= 11 is 7.37. The third kappa shape index (κ3) is 5.63. The molecule has 2 aromatic rings. The normalized spacial score (nSPS) is 17.5. The second kappa shape index (κ2) is 9.81. The molecule has 7 heteroatoms. The van der Waals surface area contributed by atoms with Crippen LogP contribution in [0.2, 0.25) is 0 Å². The van der Waals surface area contributed by atoms with Gasteiger partial charge in [0.15, 0.2) is 0 Å². The number of carbonyl (C=O) groups excluding carboxylic acids is 1. The third-order valence-corrected chi connectivity index (χ3v) is 6.63. The number of hydrogen-bond acceptors (Lipinski definition) is 4. The first-order valence-electron chi connectivity index (χ1n) is 10.1. The fourth-order valence-corrected chi connectivity index (χ4v) is 4.83. The number of halogens is 2. The van der Waals surface area contributed by atoms with Crippen LogP contribution in [-0.2, 0) is 4.74 Å². The van der Waals surface area contributed by atoms with E-state index in [1.165, 1.54) is 0 Å². The van der Waals surface area contributed by atoms with Crippen molar-refractivity contribution in [3.05, 3.63) is 68.6 Å². The number of hydrogen-bond donors (Lipinski definition) is 1. The maximum atomic E-state index is 12.5. The van der Waals surface area contributed by atoms with Crippen LogP contribution in [0.3, 0.4) is 0 Å². The lowest BCUT2D eigenvalue weighted by Crippen LogP contribution is -2.52. The number of nitrogens with two attached hydrogens (primary N) is 1. The molecule has 5 nitrogen and oxygen atoms in total. The highest BCUT2D eigenvalue weighted by atomic mass is 79.9. The summed E-state index contributed by atoms with van der Waals surface area (Å²) in [7, 11) is 0. The zero-order valence-electron chi connectivity index (χ0n) is 17.6. The Kier molecular flexibility index (Phi) is 7.61. The molecular formula is C23H29Br2N3O2. The van der Waals surface area contributed by atoms with E-state index in [4.69, 9.17) is 10.5 Å². The lowest BCUT2D eigenvalue weighted by atomic mass is 9.92. The number of piperazine rings is 1. The van der Waals surface area contributed by atoms with Gasteiger partial charge >= 0.3 is 6.09 Å². The van der Waals surface area contributed by atoms with Crippen molar-refractivity contribution in [3.63, 3.8) is 0 Å². The van der Waals surface area contributed by atoms with Gasteiger partial charge in [-0.1, -0.05) is 68.3 Å². The fourth-order valence-electron chi connectivity index (χ4n) is 3.76. The van der Waals surface area contributed by atoms with Crippen molar-refractivity contribution in [2.24, 2.45) is 5.73 Å². The van der Waals surface area contributed by atoms with Crippen LogP contribution in [0.1, 0.15) is 44.0 Å². The fraction of sp³-hybridized carbons (Fsp3) is 0.435. The number of benzene rings is 2. The molecule has 0 unspecified atom stereocenters. The second-order valence-corrected chi connectivity index (χ2v) is 10.2. The van der Waals surface area contributed by atoms with Crippen molar-refractivity contribution in [3.8, 4) is 0 Å². The van der Waals surface area contributed by atoms with Gasteiger partial charge in [-0.2, -0.15) is 0 Å². The smallest absolute Gasteiger partial charge is 0.410 e. The maximum absolute atomic E-state index is 12.5. The zero-order valence-corrected chi connectivity index (χ0v) is 20.8. The van der Waals surface area contributed by atoms with E-state index in [9.17, 15) is 4.79 Å². The first kappa shape index (κ1) is 23.3. The molecule has 30 heavy (non-hydrogen) atoms. The first-order chi connectivity index (χ1) is 14.2. The van der Waals surface area contributed by atoms with Gasteiger partial charge in [-0.25, -0.2) is 4.79 Å². The molecule has 0 radical (unpaired) electrons. The van der Waals surface area contributed by atoms with Gasteiger partial charge < -0.3 is 15.4 Å². The summed E-state index contributed by atoms with van der Waals surface area (Å²) in [4.78, 5) is 16.6. The van der Waals surface area contributed by atoms with E-state index >= 15 is 0 Å². The molecule has 2 N–H and O–H groups in total. The molecule has 1 saturated heterocycles. The topological polar surface area (TPSA) is 58.8 Å². The van der Waals surface area contributed by atoms with E-state index in [1.54, 1.807) is 4.90 Å². The molecule has 162 valence electrons. The summed E-state index contributed by atoms with van der Waals surface area (Å²) in [6, 6.07) is 16.0. The predicted molar refractivity (Wildman–Crippen MR) is 127 cm³/mol. The minimum atomic E-state index is -0.492. The molecule has 0 saturated carbocycles.